The first-order chi connectivity index (χ1) is 13.1. The lowest BCUT2D eigenvalue weighted by Crippen LogP contribution is -2.44. The standard InChI is InChI=1S/C20H26N4O2S/c1-4-27-17-10-6-5-9-16(17)20(25)24-13-7-8-15(14-24)26-19-18(23(2)3)21-11-12-22-19/h5-6,9-12,15H,4,7-8,13-14H2,1-3H3. The van der Waals surface area contributed by atoms with Crippen molar-refractivity contribution >= 4 is 23.5 Å². The Morgan fingerprint density at radius 3 is 2.85 bits per heavy atom. The van der Waals surface area contributed by atoms with Crippen molar-refractivity contribution in [2.45, 2.75) is 30.8 Å². The number of benzene rings is 1. The average Bonchev–Trinajstić information content (AvgIpc) is 2.68. The van der Waals surface area contributed by atoms with Crippen molar-refractivity contribution in [2.75, 3.05) is 37.8 Å². The number of likely N-dealkylation sites (tertiary alicyclic amines) is 1. The van der Waals surface area contributed by atoms with Crippen molar-refractivity contribution in [1.29, 1.82) is 0 Å². The topological polar surface area (TPSA) is 58.6 Å². The zero-order valence-corrected chi connectivity index (χ0v) is 16.9. The first-order valence-electron chi connectivity index (χ1n) is 9.26. The highest BCUT2D eigenvalue weighted by atomic mass is 32.2. The maximum Gasteiger partial charge on any atom is 0.257 e. The highest BCUT2D eigenvalue weighted by Gasteiger charge is 2.28. The minimum Gasteiger partial charge on any atom is -0.470 e. The maximum atomic E-state index is 13.1. The van der Waals surface area contributed by atoms with Gasteiger partial charge in [0.1, 0.15) is 6.10 Å². The van der Waals surface area contributed by atoms with Crippen molar-refractivity contribution in [3.63, 3.8) is 0 Å². The van der Waals surface area contributed by atoms with Crippen LogP contribution in [0.4, 0.5) is 5.82 Å². The summed E-state index contributed by atoms with van der Waals surface area (Å²) in [6.45, 7) is 3.41. The molecule has 1 fully saturated rings. The average molecular weight is 387 g/mol. The van der Waals surface area contributed by atoms with Crippen LogP contribution >= 0.6 is 11.8 Å². The number of hydrogen-bond acceptors (Lipinski definition) is 6. The zero-order chi connectivity index (χ0) is 19.2. The fraction of sp³-hybridized carbons (Fsp3) is 0.450. The van der Waals surface area contributed by atoms with E-state index in [1.807, 2.05) is 48.2 Å². The van der Waals surface area contributed by atoms with E-state index in [0.717, 1.165) is 35.6 Å². The van der Waals surface area contributed by atoms with Gasteiger partial charge in [0.05, 0.1) is 12.1 Å². The molecule has 0 saturated carbocycles. The Hall–Kier alpha value is -2.28. The number of ether oxygens (including phenoxy) is 1. The Kier molecular flexibility index (Phi) is 6.55. The minimum atomic E-state index is -0.0795. The molecule has 0 N–H and O–H groups in total. The number of hydrogen-bond donors (Lipinski definition) is 0. The number of rotatable bonds is 6. The van der Waals surface area contributed by atoms with Crippen molar-refractivity contribution in [3.8, 4) is 5.88 Å². The molecule has 1 amide bonds. The number of aromatic nitrogens is 2. The van der Waals surface area contributed by atoms with Gasteiger partial charge in [0.25, 0.3) is 11.8 Å². The maximum absolute atomic E-state index is 13.1. The van der Waals surface area contributed by atoms with E-state index in [9.17, 15) is 4.79 Å². The second-order valence-electron chi connectivity index (χ2n) is 6.64. The predicted octanol–water partition coefficient (Wildman–Crippen LogP) is 3.34. The summed E-state index contributed by atoms with van der Waals surface area (Å²) in [4.78, 5) is 26.6. The van der Waals surface area contributed by atoms with Gasteiger partial charge < -0.3 is 14.5 Å². The normalized spacial score (nSPS) is 16.9. The van der Waals surface area contributed by atoms with Gasteiger partial charge in [0.2, 0.25) is 0 Å². The molecule has 1 aliphatic heterocycles. The second kappa shape index (κ2) is 9.08. The van der Waals surface area contributed by atoms with Gasteiger partial charge in [-0.25, -0.2) is 9.97 Å². The lowest BCUT2D eigenvalue weighted by atomic mass is 10.1. The number of nitrogens with zero attached hydrogens (tertiary/aromatic N) is 4. The first kappa shape index (κ1) is 19.5. The molecule has 0 aliphatic carbocycles. The second-order valence-corrected chi connectivity index (χ2v) is 7.95. The van der Waals surface area contributed by atoms with Crippen LogP contribution < -0.4 is 9.64 Å². The van der Waals surface area contributed by atoms with Gasteiger partial charge in [0, 0.05) is 37.9 Å². The third-order valence-corrected chi connectivity index (χ3v) is 5.39. The molecule has 1 unspecified atom stereocenters. The Morgan fingerprint density at radius 2 is 2.07 bits per heavy atom. The molecular formula is C20H26N4O2S. The summed E-state index contributed by atoms with van der Waals surface area (Å²) in [5.41, 5.74) is 0.776. The van der Waals surface area contributed by atoms with Crippen LogP contribution in [0.2, 0.25) is 0 Å². The molecule has 0 bridgehead atoms. The Labute approximate surface area is 164 Å². The van der Waals surface area contributed by atoms with Crippen LogP contribution in [0, 0.1) is 0 Å². The van der Waals surface area contributed by atoms with Gasteiger partial charge in [-0.1, -0.05) is 19.1 Å². The number of carbonyl (C=O) groups is 1. The van der Waals surface area contributed by atoms with E-state index >= 15 is 0 Å². The van der Waals surface area contributed by atoms with E-state index in [2.05, 4.69) is 16.9 Å². The molecule has 1 aromatic carbocycles. The molecule has 1 atom stereocenters. The molecule has 2 heterocycles. The van der Waals surface area contributed by atoms with Gasteiger partial charge in [0.15, 0.2) is 5.82 Å². The van der Waals surface area contributed by atoms with Gasteiger partial charge >= 0.3 is 0 Å². The van der Waals surface area contributed by atoms with Crippen LogP contribution in [-0.2, 0) is 0 Å². The van der Waals surface area contributed by atoms with Crippen molar-refractivity contribution in [3.05, 3.63) is 42.2 Å². The summed E-state index contributed by atoms with van der Waals surface area (Å²) < 4.78 is 6.13. The van der Waals surface area contributed by atoms with E-state index in [1.54, 1.807) is 24.2 Å². The van der Waals surface area contributed by atoms with E-state index in [0.29, 0.717) is 18.2 Å². The smallest absolute Gasteiger partial charge is 0.257 e. The Morgan fingerprint density at radius 1 is 1.30 bits per heavy atom. The summed E-state index contributed by atoms with van der Waals surface area (Å²) in [6, 6.07) is 7.83. The first-order valence-corrected chi connectivity index (χ1v) is 10.2. The molecule has 7 heteroatoms. The van der Waals surface area contributed by atoms with E-state index in [-0.39, 0.29) is 12.0 Å². The van der Waals surface area contributed by atoms with Crippen molar-refractivity contribution in [2.24, 2.45) is 0 Å². The SMILES string of the molecule is CCSc1ccccc1C(=O)N1CCCC(Oc2nccnc2N(C)C)C1. The van der Waals surface area contributed by atoms with Crippen LogP contribution in [-0.4, -0.2) is 59.8 Å². The highest BCUT2D eigenvalue weighted by Crippen LogP contribution is 2.27. The monoisotopic (exact) mass is 386 g/mol. The zero-order valence-electron chi connectivity index (χ0n) is 16.1. The quantitative estimate of drug-likeness (QED) is 0.710. The van der Waals surface area contributed by atoms with Crippen molar-refractivity contribution < 1.29 is 9.53 Å². The molecule has 2 aromatic rings. The molecule has 0 radical (unpaired) electrons. The number of piperidine rings is 1. The number of amides is 1. The van der Waals surface area contributed by atoms with E-state index in [4.69, 9.17) is 4.74 Å². The molecule has 6 nitrogen and oxygen atoms in total. The molecule has 0 spiro atoms. The Balaban J connectivity index is 1.72. The van der Waals surface area contributed by atoms with E-state index < -0.39 is 0 Å². The lowest BCUT2D eigenvalue weighted by molar-refractivity contribution is 0.0525. The van der Waals surface area contributed by atoms with Crippen LogP contribution in [0.5, 0.6) is 5.88 Å². The molecule has 3 rings (SSSR count). The van der Waals surface area contributed by atoms with Crippen LogP contribution in [0.15, 0.2) is 41.6 Å². The molecular weight excluding hydrogens is 360 g/mol. The molecule has 27 heavy (non-hydrogen) atoms. The fourth-order valence-electron chi connectivity index (χ4n) is 3.18. The summed E-state index contributed by atoms with van der Waals surface area (Å²) in [6.07, 6.45) is 5.02. The van der Waals surface area contributed by atoms with Crippen LogP contribution in [0.25, 0.3) is 0 Å². The summed E-state index contributed by atoms with van der Waals surface area (Å²) in [7, 11) is 3.83. The molecule has 1 aliphatic rings. The van der Waals surface area contributed by atoms with Gasteiger partial charge in [-0.3, -0.25) is 4.79 Å². The largest absolute Gasteiger partial charge is 0.470 e. The van der Waals surface area contributed by atoms with Crippen LogP contribution in [0.3, 0.4) is 0 Å². The minimum absolute atomic E-state index is 0.0758. The summed E-state index contributed by atoms with van der Waals surface area (Å²) in [5, 5.41) is 0. The summed E-state index contributed by atoms with van der Waals surface area (Å²) >= 11 is 1.70. The molecule has 1 aromatic heterocycles. The van der Waals surface area contributed by atoms with Crippen molar-refractivity contribution in [1.82, 2.24) is 14.9 Å². The number of carbonyl (C=O) groups excluding carboxylic acids is 1. The molecule has 1 saturated heterocycles. The third kappa shape index (κ3) is 4.71. The van der Waals surface area contributed by atoms with E-state index in [1.165, 1.54) is 0 Å². The number of anilines is 1. The van der Waals surface area contributed by atoms with Gasteiger partial charge in [-0.2, -0.15) is 0 Å². The Bertz CT molecular complexity index is 784. The van der Waals surface area contributed by atoms with Gasteiger partial charge in [-0.05, 0) is 30.7 Å². The fourth-order valence-corrected chi connectivity index (χ4v) is 3.98. The third-order valence-electron chi connectivity index (χ3n) is 4.43. The van der Waals surface area contributed by atoms with Gasteiger partial charge in [-0.15, -0.1) is 11.8 Å². The number of thioether (sulfide) groups is 1. The molecule has 144 valence electrons. The van der Waals surface area contributed by atoms with Crippen LogP contribution in [0.1, 0.15) is 30.1 Å². The highest BCUT2D eigenvalue weighted by molar-refractivity contribution is 7.99. The lowest BCUT2D eigenvalue weighted by Gasteiger charge is -2.33. The predicted molar refractivity (Wildman–Crippen MR) is 109 cm³/mol. The summed E-state index contributed by atoms with van der Waals surface area (Å²) in [5.74, 6) is 2.23.